The van der Waals surface area contributed by atoms with E-state index in [0.717, 1.165) is 12.3 Å². The number of amides is 2. The van der Waals surface area contributed by atoms with Crippen molar-refractivity contribution in [3.8, 4) is 0 Å². The third-order valence-corrected chi connectivity index (χ3v) is 3.28. The van der Waals surface area contributed by atoms with Crippen molar-refractivity contribution in [3.05, 3.63) is 0 Å². The van der Waals surface area contributed by atoms with Crippen molar-refractivity contribution in [2.24, 2.45) is 5.92 Å². The van der Waals surface area contributed by atoms with Gasteiger partial charge in [0.2, 0.25) is 0 Å². The molecule has 5 heteroatoms. The molecule has 1 saturated carbocycles. The van der Waals surface area contributed by atoms with Crippen LogP contribution in [-0.4, -0.2) is 29.7 Å². The van der Waals surface area contributed by atoms with Crippen molar-refractivity contribution in [2.75, 3.05) is 6.54 Å². The van der Waals surface area contributed by atoms with Crippen molar-refractivity contribution in [1.82, 2.24) is 10.6 Å². The second-order valence-corrected chi connectivity index (χ2v) is 4.75. The summed E-state index contributed by atoms with van der Waals surface area (Å²) in [5.41, 5.74) is 0. The van der Waals surface area contributed by atoms with Crippen LogP contribution < -0.4 is 10.6 Å². The molecule has 0 aromatic heterocycles. The molecule has 17 heavy (non-hydrogen) atoms. The van der Waals surface area contributed by atoms with Gasteiger partial charge in [-0.15, -0.1) is 0 Å². The lowest BCUT2D eigenvalue weighted by Gasteiger charge is -2.21. The molecule has 0 saturated heterocycles. The van der Waals surface area contributed by atoms with Crippen LogP contribution in [0.5, 0.6) is 0 Å². The molecule has 0 bridgehead atoms. The Balaban J connectivity index is 2.09. The van der Waals surface area contributed by atoms with Crippen LogP contribution in [-0.2, 0) is 4.79 Å². The Morgan fingerprint density at radius 2 is 1.94 bits per heavy atom. The lowest BCUT2D eigenvalue weighted by Crippen LogP contribution is -2.44. The van der Waals surface area contributed by atoms with Gasteiger partial charge in [-0.2, -0.15) is 0 Å². The molecule has 0 aromatic rings. The second kappa shape index (κ2) is 7.14. The van der Waals surface area contributed by atoms with Gasteiger partial charge in [-0.3, -0.25) is 4.79 Å². The predicted molar refractivity (Wildman–Crippen MR) is 64.8 cm³/mol. The highest BCUT2D eigenvalue weighted by Crippen LogP contribution is 2.25. The summed E-state index contributed by atoms with van der Waals surface area (Å²) in [6.45, 7) is 2.08. The van der Waals surface area contributed by atoms with Crippen LogP contribution in [0.3, 0.4) is 0 Å². The number of carboxylic acid groups (broad SMARTS) is 1. The standard InChI is InChI=1S/C12H22N2O3/c1-9(11(15)16)14-12(17)13-8-7-10-5-3-2-4-6-10/h9-10H,2-8H2,1H3,(H,15,16)(H2,13,14,17). The number of nitrogens with one attached hydrogen (secondary N) is 2. The quantitative estimate of drug-likeness (QED) is 0.687. The summed E-state index contributed by atoms with van der Waals surface area (Å²) < 4.78 is 0. The molecule has 0 aliphatic heterocycles. The molecule has 0 aromatic carbocycles. The summed E-state index contributed by atoms with van der Waals surface area (Å²) >= 11 is 0. The van der Waals surface area contributed by atoms with E-state index < -0.39 is 18.0 Å². The molecule has 1 atom stereocenters. The van der Waals surface area contributed by atoms with Gasteiger partial charge in [0.05, 0.1) is 0 Å². The highest BCUT2D eigenvalue weighted by atomic mass is 16.4. The SMILES string of the molecule is CC(NC(=O)NCCC1CCCCC1)C(=O)O. The fourth-order valence-electron chi connectivity index (χ4n) is 2.18. The molecule has 0 heterocycles. The van der Waals surface area contributed by atoms with E-state index in [2.05, 4.69) is 10.6 Å². The average molecular weight is 242 g/mol. The fourth-order valence-corrected chi connectivity index (χ4v) is 2.18. The minimum Gasteiger partial charge on any atom is -0.480 e. The minimum absolute atomic E-state index is 0.393. The highest BCUT2D eigenvalue weighted by molar-refractivity contribution is 5.82. The molecule has 1 aliphatic carbocycles. The molecular weight excluding hydrogens is 220 g/mol. The molecule has 2 amide bonds. The van der Waals surface area contributed by atoms with Crippen LogP contribution >= 0.6 is 0 Å². The summed E-state index contributed by atoms with van der Waals surface area (Å²) in [6.07, 6.45) is 7.44. The van der Waals surface area contributed by atoms with Gasteiger partial charge < -0.3 is 15.7 Å². The first-order valence-corrected chi connectivity index (χ1v) is 6.36. The van der Waals surface area contributed by atoms with Gasteiger partial charge in [0.1, 0.15) is 6.04 Å². The van der Waals surface area contributed by atoms with Gasteiger partial charge in [0, 0.05) is 6.54 Å². The van der Waals surface area contributed by atoms with Crippen molar-refractivity contribution in [2.45, 2.75) is 51.5 Å². The van der Waals surface area contributed by atoms with Gasteiger partial charge in [-0.25, -0.2) is 4.79 Å². The summed E-state index contributed by atoms with van der Waals surface area (Å²) in [7, 11) is 0. The molecule has 1 unspecified atom stereocenters. The van der Waals surface area contributed by atoms with Crippen molar-refractivity contribution in [3.63, 3.8) is 0 Å². The third kappa shape index (κ3) is 5.56. The second-order valence-electron chi connectivity index (χ2n) is 4.75. The first kappa shape index (κ1) is 13.8. The van der Waals surface area contributed by atoms with E-state index in [1.807, 2.05) is 0 Å². The maximum absolute atomic E-state index is 11.3. The van der Waals surface area contributed by atoms with Gasteiger partial charge in [-0.1, -0.05) is 32.1 Å². The van der Waals surface area contributed by atoms with Crippen molar-refractivity contribution in [1.29, 1.82) is 0 Å². The average Bonchev–Trinajstić information content (AvgIpc) is 2.30. The highest BCUT2D eigenvalue weighted by Gasteiger charge is 2.15. The monoisotopic (exact) mass is 242 g/mol. The molecule has 5 nitrogen and oxygen atoms in total. The topological polar surface area (TPSA) is 78.4 Å². The van der Waals surface area contributed by atoms with E-state index >= 15 is 0 Å². The first-order chi connectivity index (χ1) is 8.09. The molecular formula is C12H22N2O3. The minimum atomic E-state index is -1.02. The van der Waals surface area contributed by atoms with Crippen LogP contribution in [0.15, 0.2) is 0 Å². The smallest absolute Gasteiger partial charge is 0.325 e. The maximum atomic E-state index is 11.3. The molecule has 1 fully saturated rings. The van der Waals surface area contributed by atoms with Crippen molar-refractivity contribution >= 4 is 12.0 Å². The number of hydrogen-bond acceptors (Lipinski definition) is 2. The van der Waals surface area contributed by atoms with Gasteiger partial charge in [0.15, 0.2) is 0 Å². The number of urea groups is 1. The van der Waals surface area contributed by atoms with Crippen LogP contribution in [0.25, 0.3) is 0 Å². The van der Waals surface area contributed by atoms with Gasteiger partial charge in [-0.05, 0) is 19.3 Å². The van der Waals surface area contributed by atoms with Crippen LogP contribution in [0.2, 0.25) is 0 Å². The van der Waals surface area contributed by atoms with E-state index in [1.165, 1.54) is 39.0 Å². The lowest BCUT2D eigenvalue weighted by molar-refractivity contribution is -0.138. The Morgan fingerprint density at radius 3 is 2.53 bits per heavy atom. The number of aliphatic carboxylic acids is 1. The molecule has 0 spiro atoms. The zero-order chi connectivity index (χ0) is 12.7. The molecule has 1 aliphatic rings. The van der Waals surface area contributed by atoms with Crippen LogP contribution in [0.1, 0.15) is 45.4 Å². The van der Waals surface area contributed by atoms with E-state index in [-0.39, 0.29) is 0 Å². The number of rotatable bonds is 5. The van der Waals surface area contributed by atoms with E-state index in [4.69, 9.17) is 5.11 Å². The Kier molecular flexibility index (Phi) is 5.80. The Hall–Kier alpha value is -1.26. The number of carbonyl (C=O) groups is 2. The molecule has 3 N–H and O–H groups in total. The Bertz CT molecular complexity index is 262. The summed E-state index contributed by atoms with van der Waals surface area (Å²) in [4.78, 5) is 21.8. The van der Waals surface area contributed by atoms with Crippen molar-refractivity contribution < 1.29 is 14.7 Å². The largest absolute Gasteiger partial charge is 0.480 e. The van der Waals surface area contributed by atoms with Gasteiger partial charge >= 0.3 is 12.0 Å². The Morgan fingerprint density at radius 1 is 1.29 bits per heavy atom. The molecule has 1 rings (SSSR count). The van der Waals surface area contributed by atoms with E-state index in [9.17, 15) is 9.59 Å². The first-order valence-electron chi connectivity index (χ1n) is 6.36. The van der Waals surface area contributed by atoms with E-state index in [0.29, 0.717) is 6.54 Å². The maximum Gasteiger partial charge on any atom is 0.325 e. The summed E-state index contributed by atoms with van der Waals surface area (Å²) in [6, 6.07) is -1.24. The Labute approximate surface area is 102 Å². The van der Waals surface area contributed by atoms with Gasteiger partial charge in [0.25, 0.3) is 0 Å². The van der Waals surface area contributed by atoms with Crippen LogP contribution in [0.4, 0.5) is 4.79 Å². The van der Waals surface area contributed by atoms with E-state index in [1.54, 1.807) is 0 Å². The summed E-state index contributed by atoms with van der Waals surface area (Å²) in [5, 5.41) is 13.7. The number of carboxylic acids is 1. The van der Waals surface area contributed by atoms with Crippen LogP contribution in [0, 0.1) is 5.92 Å². The number of carbonyl (C=O) groups excluding carboxylic acids is 1. The zero-order valence-corrected chi connectivity index (χ0v) is 10.4. The zero-order valence-electron chi connectivity index (χ0n) is 10.4. The lowest BCUT2D eigenvalue weighted by atomic mass is 9.87. The molecule has 98 valence electrons. The predicted octanol–water partition coefficient (Wildman–Crippen LogP) is 1.73. The number of hydrogen-bond donors (Lipinski definition) is 3. The third-order valence-electron chi connectivity index (χ3n) is 3.28. The fraction of sp³-hybridized carbons (Fsp3) is 0.833. The normalized spacial score (nSPS) is 18.4. The summed E-state index contributed by atoms with van der Waals surface area (Å²) in [5.74, 6) is -0.298. The molecule has 0 radical (unpaired) electrons.